The monoisotopic (exact) mass is 224 g/mol. The second-order valence-electron chi connectivity index (χ2n) is 3.93. The van der Waals surface area contributed by atoms with Gasteiger partial charge in [0.15, 0.2) is 0 Å². The van der Waals surface area contributed by atoms with E-state index in [1.807, 2.05) is 6.92 Å². The largest absolute Gasteiger partial charge is 0.382 e. The van der Waals surface area contributed by atoms with E-state index in [0.29, 0.717) is 19.3 Å². The van der Waals surface area contributed by atoms with Gasteiger partial charge in [-0.05, 0) is 31.0 Å². The van der Waals surface area contributed by atoms with Crippen LogP contribution in [0.4, 0.5) is 4.39 Å². The molecule has 16 heavy (non-hydrogen) atoms. The summed E-state index contributed by atoms with van der Waals surface area (Å²) in [5, 5.41) is 0. The van der Waals surface area contributed by atoms with E-state index in [4.69, 9.17) is 4.74 Å². The fourth-order valence-corrected chi connectivity index (χ4v) is 1.45. The first kappa shape index (κ1) is 12.8. The highest BCUT2D eigenvalue weighted by Crippen LogP contribution is 2.08. The molecular weight excluding hydrogens is 207 g/mol. The Morgan fingerprint density at radius 1 is 1.50 bits per heavy atom. The second kappa shape index (κ2) is 6.38. The number of carbonyl (C=O) groups is 1. The highest BCUT2D eigenvalue weighted by molar-refractivity contribution is 5.80. The summed E-state index contributed by atoms with van der Waals surface area (Å²) in [5.41, 5.74) is 0.732. The topological polar surface area (TPSA) is 26.3 Å². The summed E-state index contributed by atoms with van der Waals surface area (Å²) in [7, 11) is 1.63. The van der Waals surface area contributed by atoms with E-state index in [9.17, 15) is 9.18 Å². The van der Waals surface area contributed by atoms with E-state index < -0.39 is 0 Å². The summed E-state index contributed by atoms with van der Waals surface area (Å²) in [5.74, 6) is -0.176. The number of Topliss-reactive ketones (excluding diaryl/α,β-unsaturated/α-hetero) is 1. The van der Waals surface area contributed by atoms with E-state index in [1.165, 1.54) is 12.1 Å². The number of benzene rings is 1. The molecule has 88 valence electrons. The zero-order valence-corrected chi connectivity index (χ0v) is 9.70. The van der Waals surface area contributed by atoms with Gasteiger partial charge in [-0.3, -0.25) is 4.79 Å². The van der Waals surface area contributed by atoms with Gasteiger partial charge in [0.05, 0.1) is 6.10 Å². The van der Waals surface area contributed by atoms with Gasteiger partial charge < -0.3 is 4.74 Å². The van der Waals surface area contributed by atoms with Crippen LogP contribution in [0, 0.1) is 5.82 Å². The van der Waals surface area contributed by atoms with Crippen LogP contribution in [0.3, 0.4) is 0 Å². The third kappa shape index (κ3) is 4.53. The van der Waals surface area contributed by atoms with Gasteiger partial charge >= 0.3 is 0 Å². The molecule has 0 fully saturated rings. The lowest BCUT2D eigenvalue weighted by Gasteiger charge is -2.08. The lowest BCUT2D eigenvalue weighted by Crippen LogP contribution is -2.10. The fraction of sp³-hybridized carbons (Fsp3) is 0.462. The van der Waals surface area contributed by atoms with Crippen LogP contribution in [0.15, 0.2) is 24.3 Å². The predicted octanol–water partition coefficient (Wildman–Crippen LogP) is 2.75. The third-order valence-corrected chi connectivity index (χ3v) is 2.52. The normalized spacial score (nSPS) is 12.4. The molecule has 1 rings (SSSR count). The van der Waals surface area contributed by atoms with Gasteiger partial charge in [-0.15, -0.1) is 0 Å². The molecule has 0 heterocycles. The maximum absolute atomic E-state index is 12.9. The quantitative estimate of drug-likeness (QED) is 0.742. The maximum atomic E-state index is 12.9. The Morgan fingerprint density at radius 2 is 2.25 bits per heavy atom. The van der Waals surface area contributed by atoms with Crippen molar-refractivity contribution in [3.8, 4) is 0 Å². The Labute approximate surface area is 95.4 Å². The maximum Gasteiger partial charge on any atom is 0.137 e. The number of ketones is 1. The summed E-state index contributed by atoms with van der Waals surface area (Å²) in [4.78, 5) is 11.6. The molecule has 0 bridgehead atoms. The van der Waals surface area contributed by atoms with Crippen LogP contribution in [0.1, 0.15) is 25.3 Å². The highest BCUT2D eigenvalue weighted by atomic mass is 19.1. The molecule has 2 nitrogen and oxygen atoms in total. The van der Waals surface area contributed by atoms with Crippen molar-refractivity contribution in [3.63, 3.8) is 0 Å². The molecule has 1 aromatic carbocycles. The van der Waals surface area contributed by atoms with Crippen molar-refractivity contribution in [2.75, 3.05) is 7.11 Å². The first-order valence-corrected chi connectivity index (χ1v) is 5.40. The molecule has 0 saturated heterocycles. The molecule has 1 atom stereocenters. The minimum atomic E-state index is -0.296. The van der Waals surface area contributed by atoms with E-state index in [-0.39, 0.29) is 17.7 Å². The van der Waals surface area contributed by atoms with Crippen molar-refractivity contribution in [2.45, 2.75) is 32.3 Å². The van der Waals surface area contributed by atoms with Crippen LogP contribution in [0.5, 0.6) is 0 Å². The summed E-state index contributed by atoms with van der Waals surface area (Å²) in [6.07, 6.45) is 1.58. The van der Waals surface area contributed by atoms with Crippen LogP contribution in [0.2, 0.25) is 0 Å². The smallest absolute Gasteiger partial charge is 0.137 e. The number of ether oxygens (including phenoxy) is 1. The van der Waals surface area contributed by atoms with Crippen LogP contribution in [-0.4, -0.2) is 19.0 Å². The number of carbonyl (C=O) groups excluding carboxylic acids is 1. The molecule has 0 aliphatic carbocycles. The van der Waals surface area contributed by atoms with Gasteiger partial charge in [0.25, 0.3) is 0 Å². The molecule has 1 unspecified atom stereocenters. The molecule has 0 radical (unpaired) electrons. The molecule has 0 N–H and O–H groups in total. The summed E-state index contributed by atoms with van der Waals surface area (Å²) in [6, 6.07) is 6.16. The Balaban J connectivity index is 2.40. The zero-order chi connectivity index (χ0) is 12.0. The fourth-order valence-electron chi connectivity index (χ4n) is 1.45. The van der Waals surface area contributed by atoms with E-state index in [2.05, 4.69) is 0 Å². The minimum Gasteiger partial charge on any atom is -0.382 e. The molecule has 0 amide bonds. The van der Waals surface area contributed by atoms with Crippen molar-refractivity contribution < 1.29 is 13.9 Å². The standard InChI is InChI=1S/C13H17FO2/c1-10(16-2)6-7-13(15)9-11-4-3-5-12(14)8-11/h3-5,8,10H,6-7,9H2,1-2H3. The number of rotatable bonds is 6. The summed E-state index contributed by atoms with van der Waals surface area (Å²) in [6.45, 7) is 1.93. The van der Waals surface area contributed by atoms with Gasteiger partial charge in [0.1, 0.15) is 11.6 Å². The van der Waals surface area contributed by atoms with Crippen molar-refractivity contribution in [3.05, 3.63) is 35.6 Å². The van der Waals surface area contributed by atoms with Gasteiger partial charge in [0.2, 0.25) is 0 Å². The van der Waals surface area contributed by atoms with Gasteiger partial charge in [0, 0.05) is 20.0 Å². The third-order valence-electron chi connectivity index (χ3n) is 2.52. The van der Waals surface area contributed by atoms with Gasteiger partial charge in [-0.2, -0.15) is 0 Å². The van der Waals surface area contributed by atoms with Crippen LogP contribution < -0.4 is 0 Å². The molecule has 3 heteroatoms. The molecule has 0 aromatic heterocycles. The van der Waals surface area contributed by atoms with E-state index in [1.54, 1.807) is 19.2 Å². The SMILES string of the molecule is COC(C)CCC(=O)Cc1cccc(F)c1. The number of halogens is 1. The van der Waals surface area contributed by atoms with E-state index >= 15 is 0 Å². The van der Waals surface area contributed by atoms with Crippen molar-refractivity contribution in [2.24, 2.45) is 0 Å². The Morgan fingerprint density at radius 3 is 2.88 bits per heavy atom. The molecule has 0 aliphatic heterocycles. The lowest BCUT2D eigenvalue weighted by atomic mass is 10.0. The second-order valence-corrected chi connectivity index (χ2v) is 3.93. The predicted molar refractivity (Wildman–Crippen MR) is 60.8 cm³/mol. The highest BCUT2D eigenvalue weighted by Gasteiger charge is 2.07. The molecule has 0 aliphatic rings. The zero-order valence-electron chi connectivity index (χ0n) is 9.70. The molecule has 0 spiro atoms. The van der Waals surface area contributed by atoms with Crippen molar-refractivity contribution in [1.29, 1.82) is 0 Å². The molecule has 1 aromatic rings. The summed E-state index contributed by atoms with van der Waals surface area (Å²) < 4.78 is 17.9. The minimum absolute atomic E-state index is 0.0939. The van der Waals surface area contributed by atoms with Crippen molar-refractivity contribution in [1.82, 2.24) is 0 Å². The average Bonchev–Trinajstić information content (AvgIpc) is 2.26. The number of hydrogen-bond donors (Lipinski definition) is 0. The summed E-state index contributed by atoms with van der Waals surface area (Å²) >= 11 is 0. The van der Waals surface area contributed by atoms with E-state index in [0.717, 1.165) is 5.56 Å². The first-order valence-electron chi connectivity index (χ1n) is 5.40. The number of hydrogen-bond acceptors (Lipinski definition) is 2. The number of methoxy groups -OCH3 is 1. The Bertz CT molecular complexity index is 350. The van der Waals surface area contributed by atoms with Gasteiger partial charge in [-0.1, -0.05) is 12.1 Å². The first-order chi connectivity index (χ1) is 7.61. The van der Waals surface area contributed by atoms with Crippen LogP contribution in [-0.2, 0) is 16.0 Å². The van der Waals surface area contributed by atoms with Crippen molar-refractivity contribution >= 4 is 5.78 Å². The van der Waals surface area contributed by atoms with Crippen LogP contribution in [0.25, 0.3) is 0 Å². The lowest BCUT2D eigenvalue weighted by molar-refractivity contribution is -0.119. The Hall–Kier alpha value is -1.22. The Kier molecular flexibility index (Phi) is 5.12. The molecular formula is C13H17FO2. The average molecular weight is 224 g/mol. The van der Waals surface area contributed by atoms with Crippen LogP contribution >= 0.6 is 0 Å². The van der Waals surface area contributed by atoms with Gasteiger partial charge in [-0.25, -0.2) is 4.39 Å². The molecule has 0 saturated carbocycles.